The monoisotopic (exact) mass is 1000 g/mol. The van der Waals surface area contributed by atoms with Crippen LogP contribution in [0.5, 0.6) is 0 Å². The van der Waals surface area contributed by atoms with Crippen LogP contribution >= 0.6 is 0 Å². The fourth-order valence-corrected chi connectivity index (χ4v) is 7.91. The predicted octanol–water partition coefficient (Wildman–Crippen LogP) is -2.10. The molecule has 3 saturated heterocycles. The molecule has 27 heteroatoms. The van der Waals surface area contributed by atoms with Gasteiger partial charge in [0.15, 0.2) is 43.2 Å². The van der Waals surface area contributed by atoms with E-state index in [1.807, 2.05) is 0 Å². The van der Waals surface area contributed by atoms with E-state index in [2.05, 4.69) is 22.5 Å². The molecule has 3 fully saturated rings. The highest BCUT2D eigenvalue weighted by Crippen LogP contribution is 2.37. The van der Waals surface area contributed by atoms with Crippen LogP contribution in [0.15, 0.2) is 12.7 Å². The minimum absolute atomic E-state index is 0.154. The Kier molecular flexibility index (Phi) is 22.1. The van der Waals surface area contributed by atoms with Crippen LogP contribution in [-0.4, -0.2) is 189 Å². The fourth-order valence-electron chi connectivity index (χ4n) is 7.91. The number of nitrogens with zero attached hydrogens (tertiary/aromatic N) is 1. The lowest BCUT2D eigenvalue weighted by Crippen LogP contribution is -2.73. The van der Waals surface area contributed by atoms with Crippen molar-refractivity contribution in [3.8, 4) is 0 Å². The molecule has 70 heavy (non-hydrogen) atoms. The zero-order valence-corrected chi connectivity index (χ0v) is 40.6. The summed E-state index contributed by atoms with van der Waals surface area (Å²) in [7, 11) is 0. The van der Waals surface area contributed by atoms with Crippen molar-refractivity contribution in [3.63, 3.8) is 0 Å². The lowest BCUT2D eigenvalue weighted by molar-refractivity contribution is -0.349. The number of esters is 7. The Hall–Kier alpha value is -6.29. The highest BCUT2D eigenvalue weighted by Gasteiger charge is 2.59. The van der Waals surface area contributed by atoms with E-state index in [4.69, 9.17) is 56.8 Å². The van der Waals surface area contributed by atoms with Crippen LogP contribution in [0.1, 0.15) is 76.2 Å². The molecule has 0 spiro atoms. The molecule has 0 aromatic carbocycles. The Morgan fingerprint density at radius 3 is 1.09 bits per heavy atom. The van der Waals surface area contributed by atoms with Crippen molar-refractivity contribution in [1.29, 1.82) is 0 Å². The summed E-state index contributed by atoms with van der Waals surface area (Å²) in [5, 5.41) is 7.75. The highest BCUT2D eigenvalue weighted by atomic mass is 16.8. The van der Waals surface area contributed by atoms with Crippen molar-refractivity contribution in [2.24, 2.45) is 0 Å². The number of amides is 4. The third-order valence-electron chi connectivity index (χ3n) is 10.2. The van der Waals surface area contributed by atoms with Gasteiger partial charge in [-0.1, -0.05) is 6.08 Å². The summed E-state index contributed by atoms with van der Waals surface area (Å²) < 4.78 is 70.6. The van der Waals surface area contributed by atoms with Crippen LogP contribution in [0.2, 0.25) is 0 Å². The second kappa shape index (κ2) is 26.6. The van der Waals surface area contributed by atoms with Crippen molar-refractivity contribution >= 4 is 65.4 Å². The summed E-state index contributed by atoms with van der Waals surface area (Å²) in [6.07, 6.45) is -18.6. The first-order chi connectivity index (χ1) is 32.7. The zero-order chi connectivity index (χ0) is 52.7. The average molecular weight is 1000 g/mol. The molecule has 0 bridgehead atoms. The van der Waals surface area contributed by atoms with Crippen molar-refractivity contribution in [2.75, 3.05) is 26.4 Å². The third kappa shape index (κ3) is 17.0. The number of hydrogen-bond acceptors (Lipinski definition) is 23. The standard InChI is InChI=1S/C43H62N4O23/c1-13-14-47(21(5)51)41-32(44-18(2)48)38(63-26(10)56)36(29(66-41)15-59-22(6)52)69-43-34(46-20(4)50)40(65-28(12)58)37(31(68-43)17-61-24(8)54)70-42-33(45-19(3)49)39(64-27(11)57)35(62-25(9)55)30(67-42)16-60-23(7)53/h13,29-43H,1,14-17H2,2-12H3,(H,44,48)(H,45,49)(H,46,50)/t29-,30-,31-,32-,33-,34-,35-,36-,37-,38-,39-,40-,41-,42+,43+/m1/s1. The van der Waals surface area contributed by atoms with Gasteiger partial charge in [0.2, 0.25) is 23.6 Å². The van der Waals surface area contributed by atoms with Gasteiger partial charge < -0.3 is 77.7 Å². The molecule has 3 heterocycles. The van der Waals surface area contributed by atoms with Crippen LogP contribution in [0.25, 0.3) is 0 Å². The van der Waals surface area contributed by atoms with Gasteiger partial charge in [-0.25, -0.2) is 0 Å². The maximum atomic E-state index is 13.1. The molecule has 392 valence electrons. The van der Waals surface area contributed by atoms with E-state index in [9.17, 15) is 52.7 Å². The number of carbonyl (C=O) groups is 11. The van der Waals surface area contributed by atoms with Gasteiger partial charge in [-0.2, -0.15) is 0 Å². The van der Waals surface area contributed by atoms with Crippen molar-refractivity contribution in [1.82, 2.24) is 20.9 Å². The van der Waals surface area contributed by atoms with Gasteiger partial charge in [0.25, 0.3) is 0 Å². The first-order valence-electron chi connectivity index (χ1n) is 21.8. The molecule has 0 aromatic rings. The maximum absolute atomic E-state index is 13.1. The maximum Gasteiger partial charge on any atom is 0.303 e. The second-order valence-electron chi connectivity index (χ2n) is 16.2. The molecule has 0 unspecified atom stereocenters. The fraction of sp³-hybridized carbons (Fsp3) is 0.698. The smallest absolute Gasteiger partial charge is 0.303 e. The topological polar surface area (TPSA) is 338 Å². The highest BCUT2D eigenvalue weighted by molar-refractivity contribution is 5.76. The summed E-state index contributed by atoms with van der Waals surface area (Å²) in [6, 6.07) is -4.74. The number of rotatable bonds is 20. The van der Waals surface area contributed by atoms with E-state index in [0.717, 1.165) is 74.1 Å². The van der Waals surface area contributed by atoms with Crippen molar-refractivity contribution < 1.29 is 110 Å². The number of nitrogens with one attached hydrogen (secondary N) is 3. The largest absolute Gasteiger partial charge is 0.463 e. The second-order valence-corrected chi connectivity index (χ2v) is 16.2. The SMILES string of the molecule is C=CCN(C(C)=O)[C@@H]1O[C@H](COC(C)=O)[C@@H](O[C@@H]2O[C@H](COC(C)=O)[C@@H](O[C@@H]3O[C@H](COC(C)=O)[C@@H](OC(C)=O)[C@H](OC(C)=O)[C@H]3NC(C)=O)[C@H](OC(C)=O)[C@H]2NC(C)=O)[C@H](OC(C)=O)[C@H]1NC(C)=O. The quantitative estimate of drug-likeness (QED) is 0.0668. The van der Waals surface area contributed by atoms with Crippen LogP contribution in [0, 0.1) is 0 Å². The van der Waals surface area contributed by atoms with Gasteiger partial charge >= 0.3 is 41.8 Å². The van der Waals surface area contributed by atoms with E-state index >= 15 is 0 Å². The summed E-state index contributed by atoms with van der Waals surface area (Å²) in [5.41, 5.74) is 0. The van der Waals surface area contributed by atoms with Gasteiger partial charge in [0.05, 0.1) is 0 Å². The number of hydrogen-bond donors (Lipinski definition) is 3. The first-order valence-corrected chi connectivity index (χ1v) is 21.8. The van der Waals surface area contributed by atoms with Crippen LogP contribution in [-0.2, 0) is 110 Å². The lowest BCUT2D eigenvalue weighted by atomic mass is 9.92. The van der Waals surface area contributed by atoms with Gasteiger partial charge in [-0.3, -0.25) is 52.7 Å². The third-order valence-corrected chi connectivity index (χ3v) is 10.2. The van der Waals surface area contributed by atoms with Gasteiger partial charge in [-0.05, 0) is 0 Å². The predicted molar refractivity (Wildman–Crippen MR) is 228 cm³/mol. The van der Waals surface area contributed by atoms with Crippen LogP contribution < -0.4 is 16.0 Å². The van der Waals surface area contributed by atoms with E-state index in [1.165, 1.54) is 13.0 Å². The summed E-state index contributed by atoms with van der Waals surface area (Å²) in [5.74, 6) is -9.09. The van der Waals surface area contributed by atoms with E-state index < -0.39 is 177 Å². The summed E-state index contributed by atoms with van der Waals surface area (Å²) in [4.78, 5) is 141. The van der Waals surface area contributed by atoms with E-state index in [1.54, 1.807) is 0 Å². The number of carbonyl (C=O) groups excluding carboxylic acids is 11. The van der Waals surface area contributed by atoms with Crippen LogP contribution in [0.4, 0.5) is 0 Å². The van der Waals surface area contributed by atoms with E-state index in [0.29, 0.717) is 0 Å². The Bertz CT molecular complexity index is 1970. The van der Waals surface area contributed by atoms with Crippen molar-refractivity contribution in [3.05, 3.63) is 12.7 Å². The van der Waals surface area contributed by atoms with Crippen molar-refractivity contribution in [2.45, 2.75) is 168 Å². The first kappa shape index (κ1) is 58.0. The average Bonchev–Trinajstić information content (AvgIpc) is 3.22. The number of ether oxygens (including phenoxy) is 12. The molecule has 0 aliphatic carbocycles. The molecular weight excluding hydrogens is 940 g/mol. The molecule has 27 nitrogen and oxygen atoms in total. The minimum Gasteiger partial charge on any atom is -0.463 e. The molecule has 3 rings (SSSR count). The summed E-state index contributed by atoms with van der Waals surface area (Å²) in [6.45, 7) is 13.2. The molecule has 4 amide bonds. The summed E-state index contributed by atoms with van der Waals surface area (Å²) >= 11 is 0. The molecule has 15 atom stereocenters. The van der Waals surface area contributed by atoms with Crippen LogP contribution in [0.3, 0.4) is 0 Å². The lowest BCUT2D eigenvalue weighted by Gasteiger charge is -2.52. The van der Waals surface area contributed by atoms with Gasteiger partial charge in [0.1, 0.15) is 68.5 Å². The molecule has 3 N–H and O–H groups in total. The molecule has 0 saturated carbocycles. The Morgan fingerprint density at radius 2 is 0.757 bits per heavy atom. The Labute approximate surface area is 402 Å². The molecule has 0 aromatic heterocycles. The zero-order valence-electron chi connectivity index (χ0n) is 40.6. The Balaban J connectivity index is 2.34. The van der Waals surface area contributed by atoms with E-state index in [-0.39, 0.29) is 6.54 Å². The molecular formula is C43H62N4O23. The normalized spacial score (nSPS) is 30.4. The Morgan fingerprint density at radius 1 is 0.443 bits per heavy atom. The molecule has 3 aliphatic rings. The van der Waals surface area contributed by atoms with Gasteiger partial charge in [-0.15, -0.1) is 6.58 Å². The minimum atomic E-state index is -1.90. The molecule has 0 radical (unpaired) electrons. The molecule has 3 aliphatic heterocycles. The van der Waals surface area contributed by atoms with Gasteiger partial charge in [0, 0.05) is 82.7 Å².